The van der Waals surface area contributed by atoms with E-state index >= 15 is 0 Å². The highest BCUT2D eigenvalue weighted by molar-refractivity contribution is 5.98. The lowest BCUT2D eigenvalue weighted by Crippen LogP contribution is -2.25. The Labute approximate surface area is 170 Å². The molecule has 0 N–H and O–H groups in total. The van der Waals surface area contributed by atoms with Gasteiger partial charge in [-0.25, -0.2) is 0 Å². The lowest BCUT2D eigenvalue weighted by molar-refractivity contribution is -0.714. The molecule has 0 amide bonds. The van der Waals surface area contributed by atoms with E-state index in [9.17, 15) is 18.1 Å². The highest BCUT2D eigenvalue weighted by Gasteiger charge is 2.45. The van der Waals surface area contributed by atoms with Gasteiger partial charge in [0.2, 0.25) is 0 Å². The van der Waals surface area contributed by atoms with Crippen molar-refractivity contribution in [3.63, 3.8) is 0 Å². The second kappa shape index (κ2) is 8.52. The summed E-state index contributed by atoms with van der Waals surface area (Å²) in [6, 6.07) is 11.2. The molecule has 0 spiro atoms. The Morgan fingerprint density at radius 2 is 1.97 bits per heavy atom. The number of hydrazine groups is 1. The zero-order valence-electron chi connectivity index (χ0n) is 16.6. The summed E-state index contributed by atoms with van der Waals surface area (Å²) >= 11 is 0. The number of nitrogens with zero attached hydrogens (tertiary/aromatic N) is 4. The van der Waals surface area contributed by atoms with Crippen molar-refractivity contribution in [2.75, 3.05) is 14.2 Å². The average Bonchev–Trinajstić information content (AvgIpc) is 3.01. The van der Waals surface area contributed by atoms with Gasteiger partial charge in [-0.05, 0) is 34.6 Å². The van der Waals surface area contributed by atoms with Crippen molar-refractivity contribution in [2.45, 2.75) is 25.7 Å². The number of nitroso groups, excluding NO2 is 1. The molecule has 1 unspecified atom stereocenters. The van der Waals surface area contributed by atoms with E-state index in [-0.39, 0.29) is 12.5 Å². The number of hydrogen-bond donors (Lipinski definition) is 0. The van der Waals surface area contributed by atoms with E-state index in [0.717, 1.165) is 17.3 Å². The molecule has 0 aliphatic carbocycles. The molecule has 30 heavy (non-hydrogen) atoms. The quantitative estimate of drug-likeness (QED) is 0.411. The van der Waals surface area contributed by atoms with Gasteiger partial charge in [0.1, 0.15) is 6.61 Å². The topological polar surface area (TPSA) is 66.5 Å². The SMILES string of the molecule is COC1=NN(C)[N+](=O)C1c1ccccc1CON=C(C)c1cccc(C(F)(F)F)c1. The van der Waals surface area contributed by atoms with E-state index in [1.807, 2.05) is 0 Å². The fourth-order valence-corrected chi connectivity index (χ4v) is 3.01. The zero-order chi connectivity index (χ0) is 21.9. The number of alkyl halides is 3. The van der Waals surface area contributed by atoms with Crippen molar-refractivity contribution in [1.82, 2.24) is 5.12 Å². The minimum absolute atomic E-state index is 0.0114. The van der Waals surface area contributed by atoms with Crippen molar-refractivity contribution in [1.29, 1.82) is 0 Å². The number of rotatable bonds is 5. The number of methoxy groups -OCH3 is 1. The number of benzene rings is 2. The Kier molecular flexibility index (Phi) is 6.04. The summed E-state index contributed by atoms with van der Waals surface area (Å²) < 4.78 is 43.9. The van der Waals surface area contributed by atoms with Crippen LogP contribution < -0.4 is 0 Å². The van der Waals surface area contributed by atoms with Crippen molar-refractivity contribution in [3.8, 4) is 0 Å². The van der Waals surface area contributed by atoms with Crippen LogP contribution in [0.3, 0.4) is 0 Å². The second-order valence-corrected chi connectivity index (χ2v) is 6.56. The maximum absolute atomic E-state index is 12.9. The lowest BCUT2D eigenvalue weighted by Gasteiger charge is -2.11. The zero-order valence-corrected chi connectivity index (χ0v) is 16.6. The second-order valence-electron chi connectivity index (χ2n) is 6.56. The van der Waals surface area contributed by atoms with Gasteiger partial charge < -0.3 is 9.57 Å². The Hall–Kier alpha value is -3.43. The summed E-state index contributed by atoms with van der Waals surface area (Å²) in [6.07, 6.45) is -4.44. The number of oxime groups is 1. The summed E-state index contributed by atoms with van der Waals surface area (Å²) in [5, 5.41) is 9.12. The summed E-state index contributed by atoms with van der Waals surface area (Å²) in [7, 11) is 2.94. The standard InChI is InChI=1S/C20H20F3N4O3/c1-13(14-8-6-9-16(11-14)20(21,22)23)25-30-12-15-7-4-5-10-17(15)18-19(29-3)24-26(2)27(18)28/h4-11,18H,12H2,1-3H3/q+1. The van der Waals surface area contributed by atoms with Gasteiger partial charge in [-0.1, -0.05) is 41.6 Å². The van der Waals surface area contributed by atoms with Crippen LogP contribution in [-0.4, -0.2) is 35.8 Å². The molecule has 0 radical (unpaired) electrons. The van der Waals surface area contributed by atoms with Gasteiger partial charge in [0.15, 0.2) is 0 Å². The molecule has 1 aliphatic heterocycles. The molecular formula is C20H20F3N4O3+. The van der Waals surface area contributed by atoms with Crippen LogP contribution in [0.2, 0.25) is 0 Å². The molecule has 0 saturated heterocycles. The van der Waals surface area contributed by atoms with Crippen molar-refractivity contribution in [2.24, 2.45) is 10.3 Å². The van der Waals surface area contributed by atoms with Crippen molar-refractivity contribution >= 4 is 11.6 Å². The van der Waals surface area contributed by atoms with E-state index in [0.29, 0.717) is 27.3 Å². The third-order valence-corrected chi connectivity index (χ3v) is 4.57. The number of halogens is 3. The summed E-state index contributed by atoms with van der Waals surface area (Å²) in [5.41, 5.74) is 1.14. The predicted molar refractivity (Wildman–Crippen MR) is 103 cm³/mol. The summed E-state index contributed by atoms with van der Waals surface area (Å²) in [4.78, 5) is 18.5. The Balaban J connectivity index is 1.78. The van der Waals surface area contributed by atoms with Crippen LogP contribution >= 0.6 is 0 Å². The molecule has 2 aromatic rings. The molecule has 2 aromatic carbocycles. The van der Waals surface area contributed by atoms with Crippen molar-refractivity contribution < 1.29 is 27.6 Å². The van der Waals surface area contributed by atoms with E-state index in [1.54, 1.807) is 31.2 Å². The van der Waals surface area contributed by atoms with Crippen LogP contribution in [0.4, 0.5) is 13.2 Å². The predicted octanol–water partition coefficient (Wildman–Crippen LogP) is 4.29. The maximum Gasteiger partial charge on any atom is 0.416 e. The third kappa shape index (κ3) is 4.42. The van der Waals surface area contributed by atoms with Gasteiger partial charge >= 0.3 is 12.1 Å². The molecule has 7 nitrogen and oxygen atoms in total. The Morgan fingerprint density at radius 3 is 2.67 bits per heavy atom. The Morgan fingerprint density at radius 1 is 1.23 bits per heavy atom. The highest BCUT2D eigenvalue weighted by Crippen LogP contribution is 2.30. The fraction of sp³-hybridized carbons (Fsp3) is 0.300. The minimum Gasteiger partial charge on any atom is -0.461 e. The maximum atomic E-state index is 12.9. The van der Waals surface area contributed by atoms with Gasteiger partial charge in [-0.3, -0.25) is 0 Å². The van der Waals surface area contributed by atoms with Crippen LogP contribution in [-0.2, 0) is 22.4 Å². The molecule has 0 fully saturated rings. The number of hydrazone groups is 1. The Bertz CT molecular complexity index is 1000. The first kappa shape index (κ1) is 21.3. The molecule has 1 aliphatic rings. The molecule has 1 atom stereocenters. The molecule has 0 aromatic heterocycles. The van der Waals surface area contributed by atoms with Gasteiger partial charge in [-0.2, -0.15) is 13.2 Å². The average molecular weight is 421 g/mol. The van der Waals surface area contributed by atoms with Gasteiger partial charge in [0, 0.05) is 11.1 Å². The molecule has 0 saturated carbocycles. The summed E-state index contributed by atoms with van der Waals surface area (Å²) in [5.74, 6) is 0.239. The molecule has 3 rings (SSSR count). The first-order valence-corrected chi connectivity index (χ1v) is 8.97. The van der Waals surface area contributed by atoms with Crippen LogP contribution in [0.15, 0.2) is 58.8 Å². The number of ether oxygens (including phenoxy) is 1. The largest absolute Gasteiger partial charge is 0.461 e. The van der Waals surface area contributed by atoms with Crippen LogP contribution in [0.5, 0.6) is 0 Å². The lowest BCUT2D eigenvalue weighted by atomic mass is 10.0. The molecule has 1 heterocycles. The molecule has 158 valence electrons. The van der Waals surface area contributed by atoms with Crippen LogP contribution in [0.1, 0.15) is 35.2 Å². The monoisotopic (exact) mass is 421 g/mol. The van der Waals surface area contributed by atoms with Gasteiger partial charge in [0.25, 0.3) is 6.04 Å². The fourth-order valence-electron chi connectivity index (χ4n) is 3.01. The normalized spacial score (nSPS) is 17.2. The van der Waals surface area contributed by atoms with E-state index in [2.05, 4.69) is 10.3 Å². The van der Waals surface area contributed by atoms with E-state index in [4.69, 9.17) is 9.57 Å². The summed E-state index contributed by atoms with van der Waals surface area (Å²) in [6.45, 7) is 1.57. The van der Waals surface area contributed by atoms with Crippen LogP contribution in [0.25, 0.3) is 0 Å². The molecular weight excluding hydrogens is 401 g/mol. The van der Waals surface area contributed by atoms with Gasteiger partial charge in [0.05, 0.1) is 35.4 Å². The molecule has 0 bridgehead atoms. The third-order valence-electron chi connectivity index (χ3n) is 4.57. The van der Waals surface area contributed by atoms with E-state index in [1.165, 1.54) is 26.3 Å². The first-order valence-electron chi connectivity index (χ1n) is 8.97. The number of hydrogen-bond acceptors (Lipinski definition) is 5. The first-order chi connectivity index (χ1) is 14.2. The van der Waals surface area contributed by atoms with Gasteiger partial charge in [-0.15, -0.1) is 0 Å². The van der Waals surface area contributed by atoms with Crippen LogP contribution in [0, 0.1) is 4.91 Å². The minimum atomic E-state index is -4.44. The molecule has 10 heteroatoms. The smallest absolute Gasteiger partial charge is 0.416 e. The van der Waals surface area contributed by atoms with Crippen molar-refractivity contribution in [3.05, 3.63) is 75.7 Å². The highest BCUT2D eigenvalue weighted by atomic mass is 19.4. The van der Waals surface area contributed by atoms with E-state index < -0.39 is 17.8 Å².